The van der Waals surface area contributed by atoms with Crippen molar-refractivity contribution in [3.8, 4) is 28.7 Å². The Labute approximate surface area is 209 Å². The first kappa shape index (κ1) is 23.3. The molecule has 2 heterocycles. The minimum Gasteiger partial charge on any atom is -0.493 e. The van der Waals surface area contributed by atoms with Crippen molar-refractivity contribution in [2.75, 3.05) is 26.5 Å². The third-order valence-electron chi connectivity index (χ3n) is 6.77. The standard InChI is InChI=1S/C28H27N3O3S/c1-33-24-13-19-11-12-31(16-20(19)14-25(24)34-2)26(32)17-35-28-22(15-29)27(18-7-4-3-5-8-18)21-9-6-10-23(21)30-28/h3-5,7-8,13-14H,6,9-12,16-17H2,1-2H3. The molecule has 35 heavy (non-hydrogen) atoms. The first-order valence-corrected chi connectivity index (χ1v) is 12.8. The van der Waals surface area contributed by atoms with Gasteiger partial charge in [-0.2, -0.15) is 5.26 Å². The summed E-state index contributed by atoms with van der Waals surface area (Å²) >= 11 is 1.37. The fraction of sp³-hybridized carbons (Fsp3) is 0.321. The second-order valence-electron chi connectivity index (χ2n) is 8.75. The molecule has 5 rings (SSSR count). The fourth-order valence-electron chi connectivity index (χ4n) is 5.01. The number of thioether (sulfide) groups is 1. The number of rotatable bonds is 6. The van der Waals surface area contributed by atoms with Crippen LogP contribution in [0.25, 0.3) is 11.1 Å². The number of carbonyl (C=O) groups excluding carboxylic acids is 1. The zero-order chi connectivity index (χ0) is 24.4. The van der Waals surface area contributed by atoms with Gasteiger partial charge in [-0.25, -0.2) is 4.98 Å². The Morgan fingerprint density at radius 3 is 2.54 bits per heavy atom. The van der Waals surface area contributed by atoms with Crippen LogP contribution in [0.4, 0.5) is 0 Å². The summed E-state index contributed by atoms with van der Waals surface area (Å²) in [7, 11) is 3.25. The van der Waals surface area contributed by atoms with E-state index < -0.39 is 0 Å². The summed E-state index contributed by atoms with van der Waals surface area (Å²) < 4.78 is 10.9. The topological polar surface area (TPSA) is 75.5 Å². The van der Waals surface area contributed by atoms with Crippen LogP contribution >= 0.6 is 11.8 Å². The molecule has 1 aromatic heterocycles. The number of pyridine rings is 1. The normalized spacial score (nSPS) is 14.1. The zero-order valence-electron chi connectivity index (χ0n) is 20.0. The van der Waals surface area contributed by atoms with Crippen LogP contribution in [-0.2, 0) is 30.6 Å². The number of hydrogen-bond donors (Lipinski definition) is 0. The third kappa shape index (κ3) is 4.46. The van der Waals surface area contributed by atoms with Crippen LogP contribution in [0.3, 0.4) is 0 Å². The van der Waals surface area contributed by atoms with E-state index in [2.05, 4.69) is 6.07 Å². The van der Waals surface area contributed by atoms with Gasteiger partial charge in [-0.3, -0.25) is 4.79 Å². The van der Waals surface area contributed by atoms with Crippen molar-refractivity contribution in [2.45, 2.75) is 37.3 Å². The van der Waals surface area contributed by atoms with E-state index in [0.717, 1.165) is 48.1 Å². The summed E-state index contributed by atoms with van der Waals surface area (Å²) in [4.78, 5) is 19.9. The maximum atomic E-state index is 13.2. The van der Waals surface area contributed by atoms with E-state index in [1.54, 1.807) is 14.2 Å². The van der Waals surface area contributed by atoms with Crippen LogP contribution in [0.1, 0.15) is 34.4 Å². The highest BCUT2D eigenvalue weighted by Crippen LogP contribution is 2.39. The maximum absolute atomic E-state index is 13.2. The lowest BCUT2D eigenvalue weighted by Gasteiger charge is -2.29. The highest BCUT2D eigenvalue weighted by Gasteiger charge is 2.26. The quantitative estimate of drug-likeness (QED) is 0.467. The molecule has 0 N–H and O–H groups in total. The van der Waals surface area contributed by atoms with Gasteiger partial charge >= 0.3 is 0 Å². The lowest BCUT2D eigenvalue weighted by molar-refractivity contribution is -0.129. The number of aryl methyl sites for hydroxylation is 1. The number of benzene rings is 2. The van der Waals surface area contributed by atoms with Gasteiger partial charge in [0, 0.05) is 24.3 Å². The zero-order valence-corrected chi connectivity index (χ0v) is 20.8. The molecule has 1 aliphatic heterocycles. The minimum absolute atomic E-state index is 0.0443. The van der Waals surface area contributed by atoms with Gasteiger partial charge < -0.3 is 14.4 Å². The summed E-state index contributed by atoms with van der Waals surface area (Å²) in [6.07, 6.45) is 3.66. The van der Waals surface area contributed by atoms with Crippen LogP contribution < -0.4 is 9.47 Å². The number of nitrogens with zero attached hydrogens (tertiary/aromatic N) is 3. The van der Waals surface area contributed by atoms with E-state index >= 15 is 0 Å². The number of aromatic nitrogens is 1. The van der Waals surface area contributed by atoms with Crippen molar-refractivity contribution in [3.63, 3.8) is 0 Å². The second-order valence-corrected chi connectivity index (χ2v) is 9.72. The Morgan fingerprint density at radius 2 is 1.83 bits per heavy atom. The smallest absolute Gasteiger partial charge is 0.233 e. The van der Waals surface area contributed by atoms with Gasteiger partial charge in [-0.15, -0.1) is 0 Å². The van der Waals surface area contributed by atoms with Crippen molar-refractivity contribution in [1.29, 1.82) is 5.26 Å². The second kappa shape index (κ2) is 10.0. The Morgan fingerprint density at radius 1 is 1.09 bits per heavy atom. The van der Waals surface area contributed by atoms with Crippen LogP contribution in [0.2, 0.25) is 0 Å². The monoisotopic (exact) mass is 485 g/mol. The fourth-order valence-corrected chi connectivity index (χ4v) is 5.92. The summed E-state index contributed by atoms with van der Waals surface area (Å²) in [5, 5.41) is 10.7. The minimum atomic E-state index is 0.0443. The molecule has 0 bridgehead atoms. The molecule has 0 spiro atoms. The molecule has 1 aliphatic carbocycles. The van der Waals surface area contributed by atoms with Gasteiger partial charge in [-0.1, -0.05) is 42.1 Å². The van der Waals surface area contributed by atoms with E-state index in [4.69, 9.17) is 14.5 Å². The molecule has 2 aliphatic rings. The SMILES string of the molecule is COc1cc2c(cc1OC)CN(C(=O)CSc1nc3c(c(-c4ccccc4)c1C#N)CCC3)CC2. The van der Waals surface area contributed by atoms with E-state index in [1.807, 2.05) is 47.4 Å². The van der Waals surface area contributed by atoms with E-state index in [1.165, 1.54) is 22.9 Å². The van der Waals surface area contributed by atoms with E-state index in [0.29, 0.717) is 35.2 Å². The van der Waals surface area contributed by atoms with E-state index in [-0.39, 0.29) is 11.7 Å². The molecule has 0 fully saturated rings. The number of fused-ring (bicyclic) bond motifs is 2. The average Bonchev–Trinajstić information content (AvgIpc) is 3.38. The first-order chi connectivity index (χ1) is 17.1. The van der Waals surface area contributed by atoms with Gasteiger partial charge in [-0.05, 0) is 60.1 Å². The molecule has 1 amide bonds. The lowest BCUT2D eigenvalue weighted by atomic mass is 9.95. The largest absolute Gasteiger partial charge is 0.493 e. The molecule has 6 nitrogen and oxygen atoms in total. The number of amides is 1. The Bertz CT molecular complexity index is 1320. The first-order valence-electron chi connectivity index (χ1n) is 11.8. The molecule has 178 valence electrons. The van der Waals surface area contributed by atoms with Crippen LogP contribution in [0, 0.1) is 11.3 Å². The van der Waals surface area contributed by atoms with Gasteiger partial charge in [0.15, 0.2) is 11.5 Å². The highest BCUT2D eigenvalue weighted by molar-refractivity contribution is 8.00. The van der Waals surface area contributed by atoms with Gasteiger partial charge in [0.05, 0.1) is 25.5 Å². The van der Waals surface area contributed by atoms with Gasteiger partial charge in [0.2, 0.25) is 5.91 Å². The average molecular weight is 486 g/mol. The van der Waals surface area contributed by atoms with Crippen molar-refractivity contribution >= 4 is 17.7 Å². The Balaban J connectivity index is 1.37. The number of nitriles is 1. The number of carbonyl (C=O) groups is 1. The van der Waals surface area contributed by atoms with Crippen molar-refractivity contribution in [1.82, 2.24) is 9.88 Å². The maximum Gasteiger partial charge on any atom is 0.233 e. The van der Waals surface area contributed by atoms with Crippen molar-refractivity contribution < 1.29 is 14.3 Å². The summed E-state index contributed by atoms with van der Waals surface area (Å²) in [6.45, 7) is 1.19. The van der Waals surface area contributed by atoms with Gasteiger partial charge in [0.1, 0.15) is 11.1 Å². The molecule has 0 radical (unpaired) electrons. The van der Waals surface area contributed by atoms with Crippen LogP contribution in [-0.4, -0.2) is 42.3 Å². The van der Waals surface area contributed by atoms with Crippen molar-refractivity contribution in [3.05, 3.63) is 70.4 Å². The predicted octanol–water partition coefficient (Wildman–Crippen LogP) is 4.80. The molecule has 7 heteroatoms. The molecule has 2 aromatic carbocycles. The molecule has 0 saturated carbocycles. The Kier molecular flexibility index (Phi) is 6.65. The summed E-state index contributed by atoms with van der Waals surface area (Å²) in [5.41, 5.74) is 7.10. The summed E-state index contributed by atoms with van der Waals surface area (Å²) in [6, 6.07) is 16.4. The predicted molar refractivity (Wildman–Crippen MR) is 136 cm³/mol. The molecule has 3 aromatic rings. The number of methoxy groups -OCH3 is 2. The highest BCUT2D eigenvalue weighted by atomic mass is 32.2. The number of hydrogen-bond acceptors (Lipinski definition) is 6. The molecule has 0 unspecified atom stereocenters. The third-order valence-corrected chi connectivity index (χ3v) is 7.73. The Hall–Kier alpha value is -3.50. The van der Waals surface area contributed by atoms with Crippen LogP contribution in [0.15, 0.2) is 47.5 Å². The lowest BCUT2D eigenvalue weighted by Crippen LogP contribution is -2.37. The van der Waals surface area contributed by atoms with Crippen molar-refractivity contribution in [2.24, 2.45) is 0 Å². The summed E-state index contributed by atoms with van der Waals surface area (Å²) in [5.74, 6) is 1.67. The molecular formula is C28H27N3O3S. The van der Waals surface area contributed by atoms with E-state index in [9.17, 15) is 10.1 Å². The van der Waals surface area contributed by atoms with Crippen LogP contribution in [0.5, 0.6) is 11.5 Å². The molecular weight excluding hydrogens is 458 g/mol. The molecule has 0 atom stereocenters. The van der Waals surface area contributed by atoms with Gasteiger partial charge in [0.25, 0.3) is 0 Å². The molecule has 0 saturated heterocycles. The number of ether oxygens (including phenoxy) is 2.